The Morgan fingerprint density at radius 2 is 2.00 bits per heavy atom. The number of hydrogen-bond acceptors (Lipinski definition) is 3. The lowest BCUT2D eigenvalue weighted by Gasteiger charge is -2.13. The van der Waals surface area contributed by atoms with Crippen molar-refractivity contribution in [1.82, 2.24) is 5.32 Å². The van der Waals surface area contributed by atoms with Crippen LogP contribution in [0.15, 0.2) is 36.4 Å². The molecule has 2 aromatic rings. The van der Waals surface area contributed by atoms with Crippen LogP contribution >= 0.6 is 12.4 Å². The van der Waals surface area contributed by atoms with Gasteiger partial charge in [-0.15, -0.1) is 12.4 Å². The lowest BCUT2D eigenvalue weighted by Crippen LogP contribution is -2.18. The number of fused-ring (bicyclic) bond motifs is 1. The Balaban J connectivity index is 0.00000120. The number of aromatic hydroxyl groups is 1. The molecule has 1 fully saturated rings. The molecule has 2 aromatic carbocycles. The number of carbonyl (C=O) groups excluding carboxylic acids is 1. The van der Waals surface area contributed by atoms with Crippen molar-refractivity contribution in [3.05, 3.63) is 42.0 Å². The Labute approximate surface area is 110 Å². The first-order valence-electron chi connectivity index (χ1n) is 5.39. The summed E-state index contributed by atoms with van der Waals surface area (Å²) in [5.74, 6) is 0.180. The SMILES string of the molecule is Cl.O=C1N[C@H](c2c(O)ccc3ccccc23)CO1. The molecule has 5 heteroatoms. The fourth-order valence-corrected chi connectivity index (χ4v) is 2.19. The highest BCUT2D eigenvalue weighted by atomic mass is 35.5. The van der Waals surface area contributed by atoms with Crippen LogP contribution in [0.25, 0.3) is 10.8 Å². The molecule has 0 radical (unpaired) electrons. The number of cyclic esters (lactones) is 1. The average Bonchev–Trinajstić information content (AvgIpc) is 2.75. The van der Waals surface area contributed by atoms with Crippen molar-refractivity contribution in [3.63, 3.8) is 0 Å². The highest BCUT2D eigenvalue weighted by Crippen LogP contribution is 2.33. The molecule has 4 nitrogen and oxygen atoms in total. The number of alkyl carbamates (subject to hydrolysis) is 1. The van der Waals surface area contributed by atoms with Crippen molar-refractivity contribution in [1.29, 1.82) is 0 Å². The van der Waals surface area contributed by atoms with Gasteiger partial charge < -0.3 is 15.2 Å². The number of rotatable bonds is 1. The lowest BCUT2D eigenvalue weighted by atomic mass is 9.98. The Kier molecular flexibility index (Phi) is 3.30. The smallest absolute Gasteiger partial charge is 0.407 e. The van der Waals surface area contributed by atoms with E-state index in [1.807, 2.05) is 30.3 Å². The third-order valence-electron chi connectivity index (χ3n) is 2.97. The van der Waals surface area contributed by atoms with Crippen LogP contribution in [-0.4, -0.2) is 17.8 Å². The topological polar surface area (TPSA) is 58.6 Å². The van der Waals surface area contributed by atoms with E-state index < -0.39 is 6.09 Å². The highest BCUT2D eigenvalue weighted by molar-refractivity contribution is 5.89. The van der Waals surface area contributed by atoms with E-state index in [1.165, 1.54) is 0 Å². The third kappa shape index (κ3) is 1.95. The molecule has 3 rings (SSSR count). The lowest BCUT2D eigenvalue weighted by molar-refractivity contribution is 0.177. The van der Waals surface area contributed by atoms with Gasteiger partial charge in [0, 0.05) is 5.56 Å². The molecule has 1 atom stereocenters. The summed E-state index contributed by atoms with van der Waals surface area (Å²) in [6, 6.07) is 10.9. The second-order valence-corrected chi connectivity index (χ2v) is 4.01. The minimum atomic E-state index is -0.442. The minimum Gasteiger partial charge on any atom is -0.508 e. The number of carbonyl (C=O) groups is 1. The van der Waals surface area contributed by atoms with E-state index in [0.717, 1.165) is 10.8 Å². The third-order valence-corrected chi connectivity index (χ3v) is 2.97. The molecule has 1 amide bonds. The maximum Gasteiger partial charge on any atom is 0.407 e. The molecule has 0 unspecified atom stereocenters. The summed E-state index contributed by atoms with van der Waals surface area (Å²) in [5, 5.41) is 14.6. The van der Waals surface area contributed by atoms with Crippen LogP contribution in [0.3, 0.4) is 0 Å². The number of ether oxygens (including phenoxy) is 1. The van der Waals surface area contributed by atoms with E-state index in [1.54, 1.807) is 6.07 Å². The number of amides is 1. The normalized spacial score (nSPS) is 18.0. The van der Waals surface area contributed by atoms with Gasteiger partial charge >= 0.3 is 6.09 Å². The number of phenolic OH excluding ortho intramolecular Hbond substituents is 1. The minimum absolute atomic E-state index is 0. The summed E-state index contributed by atoms with van der Waals surface area (Å²) in [4.78, 5) is 11.1. The molecule has 1 aliphatic heterocycles. The number of benzene rings is 2. The summed E-state index contributed by atoms with van der Waals surface area (Å²) in [6.45, 7) is 0.250. The van der Waals surface area contributed by atoms with Gasteiger partial charge in [-0.25, -0.2) is 4.79 Å². The molecule has 1 aliphatic rings. The molecular weight excluding hydrogens is 254 g/mol. The van der Waals surface area contributed by atoms with Crippen molar-refractivity contribution >= 4 is 29.3 Å². The number of phenols is 1. The number of halogens is 1. The zero-order valence-electron chi connectivity index (χ0n) is 9.42. The zero-order valence-corrected chi connectivity index (χ0v) is 10.2. The predicted molar refractivity (Wildman–Crippen MR) is 70.1 cm³/mol. The second-order valence-electron chi connectivity index (χ2n) is 4.01. The van der Waals surface area contributed by atoms with Gasteiger partial charge in [-0.1, -0.05) is 30.3 Å². The molecule has 0 spiro atoms. The molecule has 2 N–H and O–H groups in total. The van der Waals surface area contributed by atoms with Gasteiger partial charge in [0.05, 0.1) is 6.04 Å². The fraction of sp³-hybridized carbons (Fsp3) is 0.154. The maximum absolute atomic E-state index is 11.1. The second kappa shape index (κ2) is 4.74. The molecule has 0 saturated carbocycles. The monoisotopic (exact) mass is 265 g/mol. The van der Waals surface area contributed by atoms with Crippen molar-refractivity contribution in [2.45, 2.75) is 6.04 Å². The van der Waals surface area contributed by atoms with Crippen LogP contribution in [0, 0.1) is 0 Å². The Morgan fingerprint density at radius 1 is 1.22 bits per heavy atom. The van der Waals surface area contributed by atoms with Gasteiger partial charge in [0.2, 0.25) is 0 Å². The van der Waals surface area contributed by atoms with E-state index in [0.29, 0.717) is 5.56 Å². The van der Waals surface area contributed by atoms with Crippen LogP contribution < -0.4 is 5.32 Å². The van der Waals surface area contributed by atoms with Gasteiger partial charge in [0.1, 0.15) is 12.4 Å². The van der Waals surface area contributed by atoms with E-state index >= 15 is 0 Å². The van der Waals surface area contributed by atoms with Crippen molar-refractivity contribution in [2.75, 3.05) is 6.61 Å². The summed E-state index contributed by atoms with van der Waals surface area (Å²) in [7, 11) is 0. The van der Waals surface area contributed by atoms with Crippen molar-refractivity contribution in [2.24, 2.45) is 0 Å². The van der Waals surface area contributed by atoms with Gasteiger partial charge in [-0.2, -0.15) is 0 Å². The average molecular weight is 266 g/mol. The van der Waals surface area contributed by atoms with Gasteiger partial charge in [-0.05, 0) is 16.8 Å². The molecular formula is C13H12ClNO3. The molecule has 1 heterocycles. The summed E-state index contributed by atoms with van der Waals surface area (Å²) < 4.78 is 4.86. The fourth-order valence-electron chi connectivity index (χ4n) is 2.19. The van der Waals surface area contributed by atoms with Gasteiger partial charge in [-0.3, -0.25) is 0 Å². The Morgan fingerprint density at radius 3 is 2.72 bits per heavy atom. The summed E-state index contributed by atoms with van der Waals surface area (Å²) in [6.07, 6.45) is -0.442. The van der Waals surface area contributed by atoms with E-state index in [4.69, 9.17) is 4.74 Å². The summed E-state index contributed by atoms with van der Waals surface area (Å²) in [5.41, 5.74) is 0.717. The first kappa shape index (κ1) is 12.5. The first-order valence-corrected chi connectivity index (χ1v) is 5.39. The number of hydrogen-bond donors (Lipinski definition) is 2. The predicted octanol–water partition coefficient (Wildman–Crippen LogP) is 2.75. The van der Waals surface area contributed by atoms with Crippen molar-refractivity contribution < 1.29 is 14.6 Å². The van der Waals surface area contributed by atoms with Crippen LogP contribution in [-0.2, 0) is 4.74 Å². The molecule has 0 aromatic heterocycles. The standard InChI is InChI=1S/C13H11NO3.ClH/c15-11-6-5-8-3-1-2-4-9(8)12(11)10-7-17-13(16)14-10;/h1-6,10,15H,7H2,(H,14,16);1H/t10-;/m0./s1. The van der Waals surface area contributed by atoms with E-state index in [2.05, 4.69) is 5.32 Å². The molecule has 18 heavy (non-hydrogen) atoms. The van der Waals surface area contributed by atoms with E-state index in [-0.39, 0.29) is 30.8 Å². The molecule has 1 saturated heterocycles. The first-order chi connectivity index (χ1) is 8.25. The highest BCUT2D eigenvalue weighted by Gasteiger charge is 2.27. The van der Waals surface area contributed by atoms with Crippen LogP contribution in [0.4, 0.5) is 4.79 Å². The molecule has 0 bridgehead atoms. The Bertz CT molecular complexity index is 600. The van der Waals surface area contributed by atoms with Crippen LogP contribution in [0.5, 0.6) is 5.75 Å². The molecule has 0 aliphatic carbocycles. The maximum atomic E-state index is 11.1. The molecule has 94 valence electrons. The van der Waals surface area contributed by atoms with Crippen LogP contribution in [0.1, 0.15) is 11.6 Å². The van der Waals surface area contributed by atoms with Crippen LogP contribution in [0.2, 0.25) is 0 Å². The quantitative estimate of drug-likeness (QED) is 0.834. The number of nitrogens with one attached hydrogen (secondary N) is 1. The van der Waals surface area contributed by atoms with E-state index in [9.17, 15) is 9.90 Å². The summed E-state index contributed by atoms with van der Waals surface area (Å²) >= 11 is 0. The van der Waals surface area contributed by atoms with Crippen molar-refractivity contribution in [3.8, 4) is 5.75 Å². The van der Waals surface area contributed by atoms with Gasteiger partial charge in [0.25, 0.3) is 0 Å². The van der Waals surface area contributed by atoms with Gasteiger partial charge in [0.15, 0.2) is 0 Å². The largest absolute Gasteiger partial charge is 0.508 e. The zero-order chi connectivity index (χ0) is 11.8. The Hall–Kier alpha value is -1.94.